The first kappa shape index (κ1) is 22.2. The van der Waals surface area contributed by atoms with Gasteiger partial charge in [-0.2, -0.15) is 0 Å². The molecule has 0 unspecified atom stereocenters. The van der Waals surface area contributed by atoms with Crippen LogP contribution in [0.2, 0.25) is 0 Å². The number of anilines is 2. The Bertz CT molecular complexity index is 898. The van der Waals surface area contributed by atoms with Crippen molar-refractivity contribution in [3.8, 4) is 0 Å². The number of carbonyl (C=O) groups excluding carboxylic acids is 1. The van der Waals surface area contributed by atoms with Crippen molar-refractivity contribution in [1.29, 1.82) is 0 Å². The third-order valence-corrected chi connectivity index (χ3v) is 7.78. The summed E-state index contributed by atoms with van der Waals surface area (Å²) >= 11 is 0. The van der Waals surface area contributed by atoms with Gasteiger partial charge in [-0.1, -0.05) is 30.3 Å². The van der Waals surface area contributed by atoms with Crippen LogP contribution in [-0.2, 0) is 11.2 Å². The molecule has 1 aromatic heterocycles. The van der Waals surface area contributed by atoms with Gasteiger partial charge in [0.1, 0.15) is 18.0 Å². The van der Waals surface area contributed by atoms with E-state index in [2.05, 4.69) is 61.1 Å². The average molecular weight is 448 g/mol. The molecule has 3 fully saturated rings. The molecule has 176 valence electrons. The first-order chi connectivity index (χ1) is 16.3. The van der Waals surface area contributed by atoms with Gasteiger partial charge in [0.2, 0.25) is 5.91 Å². The zero-order valence-corrected chi connectivity index (χ0v) is 19.7. The Morgan fingerprint density at radius 3 is 2.09 bits per heavy atom. The molecule has 1 aromatic carbocycles. The minimum absolute atomic E-state index is 0.162. The van der Waals surface area contributed by atoms with E-state index in [0.29, 0.717) is 11.8 Å². The van der Waals surface area contributed by atoms with Crippen molar-refractivity contribution in [3.63, 3.8) is 0 Å². The number of hydrogen-bond acceptors (Lipinski definition) is 5. The van der Waals surface area contributed by atoms with Gasteiger partial charge in [0.25, 0.3) is 0 Å². The van der Waals surface area contributed by atoms with E-state index in [-0.39, 0.29) is 5.92 Å². The number of benzene rings is 1. The molecule has 6 heteroatoms. The Labute approximate surface area is 198 Å². The lowest BCUT2D eigenvalue weighted by Gasteiger charge is -2.38. The van der Waals surface area contributed by atoms with Crippen molar-refractivity contribution < 1.29 is 4.79 Å². The summed E-state index contributed by atoms with van der Waals surface area (Å²) in [6.07, 6.45) is 10.8. The van der Waals surface area contributed by atoms with Gasteiger partial charge in [0, 0.05) is 51.3 Å². The monoisotopic (exact) mass is 447 g/mol. The zero-order valence-electron chi connectivity index (χ0n) is 19.7. The van der Waals surface area contributed by atoms with Crippen LogP contribution >= 0.6 is 0 Å². The van der Waals surface area contributed by atoms with Crippen LogP contribution in [0.25, 0.3) is 0 Å². The predicted molar refractivity (Wildman–Crippen MR) is 132 cm³/mol. The van der Waals surface area contributed by atoms with E-state index >= 15 is 0 Å². The van der Waals surface area contributed by atoms with Gasteiger partial charge in [-0.25, -0.2) is 9.97 Å². The summed E-state index contributed by atoms with van der Waals surface area (Å²) in [7, 11) is 0. The molecule has 3 aliphatic rings. The fourth-order valence-corrected chi connectivity index (χ4v) is 5.72. The number of rotatable bonds is 5. The van der Waals surface area contributed by atoms with Crippen LogP contribution in [0.3, 0.4) is 0 Å². The lowest BCUT2D eigenvalue weighted by molar-refractivity contribution is -0.137. The van der Waals surface area contributed by atoms with Gasteiger partial charge >= 0.3 is 0 Å². The highest BCUT2D eigenvalue weighted by atomic mass is 16.2. The molecule has 0 spiro atoms. The van der Waals surface area contributed by atoms with Gasteiger partial charge in [0.15, 0.2) is 0 Å². The molecular formula is C27H37N5O. The minimum Gasteiger partial charge on any atom is -0.356 e. The fraction of sp³-hybridized carbons (Fsp3) is 0.593. The third kappa shape index (κ3) is 5.48. The number of amides is 1. The van der Waals surface area contributed by atoms with Crippen LogP contribution < -0.4 is 9.80 Å². The van der Waals surface area contributed by atoms with Crippen LogP contribution in [0.4, 0.5) is 11.6 Å². The molecule has 0 radical (unpaired) electrons. The molecular weight excluding hydrogens is 410 g/mol. The van der Waals surface area contributed by atoms with E-state index in [1.165, 1.54) is 24.8 Å². The molecule has 0 saturated carbocycles. The predicted octanol–water partition coefficient (Wildman–Crippen LogP) is 4.16. The van der Waals surface area contributed by atoms with Crippen LogP contribution in [0.5, 0.6) is 0 Å². The molecule has 0 atom stereocenters. The van der Waals surface area contributed by atoms with Crippen LogP contribution in [-0.4, -0.2) is 60.0 Å². The first-order valence-electron chi connectivity index (χ1n) is 12.9. The van der Waals surface area contributed by atoms with Crippen molar-refractivity contribution in [2.75, 3.05) is 49.1 Å². The quantitative estimate of drug-likeness (QED) is 0.689. The molecule has 2 aromatic rings. The maximum atomic E-state index is 13.2. The second kappa shape index (κ2) is 10.5. The number of likely N-dealkylation sites (tertiary alicyclic amines) is 1. The molecule has 3 saturated heterocycles. The molecule has 0 N–H and O–H groups in total. The van der Waals surface area contributed by atoms with E-state index in [1.54, 1.807) is 6.33 Å². The maximum absolute atomic E-state index is 13.2. The van der Waals surface area contributed by atoms with E-state index in [1.807, 2.05) is 0 Å². The number of piperidine rings is 3. The highest BCUT2D eigenvalue weighted by Gasteiger charge is 2.31. The molecule has 33 heavy (non-hydrogen) atoms. The summed E-state index contributed by atoms with van der Waals surface area (Å²) in [5.74, 6) is 3.31. The second-order valence-corrected chi connectivity index (χ2v) is 10.0. The van der Waals surface area contributed by atoms with E-state index in [4.69, 9.17) is 0 Å². The molecule has 5 rings (SSSR count). The summed E-state index contributed by atoms with van der Waals surface area (Å²) in [5, 5.41) is 0. The van der Waals surface area contributed by atoms with Crippen LogP contribution in [0, 0.1) is 11.8 Å². The normalized spacial score (nSPS) is 20.8. The summed E-state index contributed by atoms with van der Waals surface area (Å²) < 4.78 is 0. The van der Waals surface area contributed by atoms with Gasteiger partial charge in [-0.3, -0.25) is 4.79 Å². The fourth-order valence-electron chi connectivity index (χ4n) is 5.72. The first-order valence-corrected chi connectivity index (χ1v) is 12.9. The molecule has 0 bridgehead atoms. The van der Waals surface area contributed by atoms with Crippen molar-refractivity contribution >= 4 is 17.5 Å². The summed E-state index contributed by atoms with van der Waals surface area (Å²) in [6, 6.07) is 12.9. The van der Waals surface area contributed by atoms with Crippen LogP contribution in [0.15, 0.2) is 42.7 Å². The molecule has 3 aliphatic heterocycles. The maximum Gasteiger partial charge on any atom is 0.225 e. The molecule has 4 heterocycles. The van der Waals surface area contributed by atoms with Gasteiger partial charge in [0.05, 0.1) is 0 Å². The molecule has 6 nitrogen and oxygen atoms in total. The Hall–Kier alpha value is -2.63. The number of carbonyl (C=O) groups is 1. The Morgan fingerprint density at radius 2 is 1.42 bits per heavy atom. The second-order valence-electron chi connectivity index (χ2n) is 10.0. The largest absolute Gasteiger partial charge is 0.356 e. The number of nitrogens with zero attached hydrogens (tertiary/aromatic N) is 5. The topological polar surface area (TPSA) is 52.6 Å². The van der Waals surface area contributed by atoms with Gasteiger partial charge < -0.3 is 14.7 Å². The third-order valence-electron chi connectivity index (χ3n) is 7.78. The smallest absolute Gasteiger partial charge is 0.225 e. The highest BCUT2D eigenvalue weighted by molar-refractivity contribution is 5.79. The van der Waals surface area contributed by atoms with Crippen molar-refractivity contribution in [3.05, 3.63) is 48.3 Å². The Kier molecular flexibility index (Phi) is 7.08. The lowest BCUT2D eigenvalue weighted by Crippen LogP contribution is -2.45. The summed E-state index contributed by atoms with van der Waals surface area (Å²) in [5.41, 5.74) is 1.42. The van der Waals surface area contributed by atoms with E-state index in [0.717, 1.165) is 83.0 Å². The van der Waals surface area contributed by atoms with Crippen LogP contribution in [0.1, 0.15) is 50.5 Å². The number of hydrogen-bond donors (Lipinski definition) is 0. The molecule has 1 amide bonds. The minimum atomic E-state index is 0.162. The average Bonchev–Trinajstić information content (AvgIpc) is 2.90. The van der Waals surface area contributed by atoms with Crippen molar-refractivity contribution in [2.45, 2.75) is 51.4 Å². The summed E-state index contributed by atoms with van der Waals surface area (Å²) in [4.78, 5) is 29.1. The lowest BCUT2D eigenvalue weighted by atomic mass is 9.88. The summed E-state index contributed by atoms with van der Waals surface area (Å²) in [6.45, 7) is 5.82. The van der Waals surface area contributed by atoms with E-state index in [9.17, 15) is 4.79 Å². The SMILES string of the molecule is O=C(C1CCN(c2cc(N3CCCCC3)ncn2)CC1)N1CCC(Cc2ccccc2)CC1. The van der Waals surface area contributed by atoms with Crippen molar-refractivity contribution in [2.24, 2.45) is 11.8 Å². The Morgan fingerprint density at radius 1 is 0.788 bits per heavy atom. The van der Waals surface area contributed by atoms with Crippen molar-refractivity contribution in [1.82, 2.24) is 14.9 Å². The molecule has 0 aliphatic carbocycles. The van der Waals surface area contributed by atoms with E-state index < -0.39 is 0 Å². The zero-order chi connectivity index (χ0) is 22.5. The van der Waals surface area contributed by atoms with Gasteiger partial charge in [-0.15, -0.1) is 0 Å². The Balaban J connectivity index is 1.10. The standard InChI is InChI=1S/C27H37N5O/c33-27(32-15-9-23(10-16-32)19-22-7-3-1-4-8-22)24-11-17-31(18-12-24)26-20-25(28-21-29-26)30-13-5-2-6-14-30/h1,3-4,7-8,20-21,23-24H,2,5-6,9-19H2. The number of aromatic nitrogens is 2. The van der Waals surface area contributed by atoms with Gasteiger partial charge in [-0.05, 0) is 62.8 Å². The highest BCUT2D eigenvalue weighted by Crippen LogP contribution is 2.28.